The van der Waals surface area contributed by atoms with Crippen molar-refractivity contribution < 1.29 is 14.6 Å². The molecule has 5 heteroatoms. The van der Waals surface area contributed by atoms with Crippen molar-refractivity contribution in [1.29, 1.82) is 0 Å². The van der Waals surface area contributed by atoms with Gasteiger partial charge >= 0.3 is 0 Å². The van der Waals surface area contributed by atoms with E-state index in [-0.39, 0.29) is 22.7 Å². The third kappa shape index (κ3) is 2.40. The molecule has 0 saturated carbocycles. The van der Waals surface area contributed by atoms with Gasteiger partial charge in [-0.05, 0) is 30.5 Å². The van der Waals surface area contributed by atoms with Crippen LogP contribution in [0, 0.1) is 10.8 Å². The van der Waals surface area contributed by atoms with Crippen molar-refractivity contribution in [2.24, 2.45) is 10.8 Å². The van der Waals surface area contributed by atoms with E-state index >= 15 is 0 Å². The molecule has 0 aromatic heterocycles. The van der Waals surface area contributed by atoms with Gasteiger partial charge in [0.1, 0.15) is 5.78 Å². The largest absolute Gasteiger partial charge is 0.504 e. The van der Waals surface area contributed by atoms with E-state index in [4.69, 9.17) is 4.74 Å². The number of carbonyl (C=O) groups excluding carboxylic acids is 1. The average Bonchev–Trinajstić information content (AvgIpc) is 2.60. The molecule has 4 heterocycles. The number of piperidine rings is 2. The molecule has 5 nitrogen and oxygen atoms in total. The Hall–Kier alpha value is -1.59. The van der Waals surface area contributed by atoms with Crippen LogP contribution in [0.15, 0.2) is 18.2 Å². The van der Waals surface area contributed by atoms with E-state index in [1.54, 1.807) is 13.2 Å². The smallest absolute Gasteiger partial charge is 0.160 e. The summed E-state index contributed by atoms with van der Waals surface area (Å²) in [5, 5.41) is 9.95. The summed E-state index contributed by atoms with van der Waals surface area (Å²) >= 11 is 0. The SMILES string of the molecule is CCCC12CN3CC(CCC)(CN(C1)C3c1ccc(O)c(OC)c1)C2=O. The van der Waals surface area contributed by atoms with Crippen LogP contribution in [0.2, 0.25) is 0 Å². The fourth-order valence-corrected chi connectivity index (χ4v) is 5.97. The summed E-state index contributed by atoms with van der Waals surface area (Å²) < 4.78 is 5.32. The van der Waals surface area contributed by atoms with Crippen LogP contribution in [0.25, 0.3) is 0 Å². The Morgan fingerprint density at radius 1 is 1.08 bits per heavy atom. The monoisotopic (exact) mass is 358 g/mol. The lowest BCUT2D eigenvalue weighted by molar-refractivity contribution is -0.205. The van der Waals surface area contributed by atoms with E-state index in [0.717, 1.165) is 57.4 Å². The minimum Gasteiger partial charge on any atom is -0.504 e. The van der Waals surface area contributed by atoms with Crippen LogP contribution >= 0.6 is 0 Å². The summed E-state index contributed by atoms with van der Waals surface area (Å²) in [6.07, 6.45) is 4.24. The molecule has 5 rings (SSSR count). The fraction of sp³-hybridized carbons (Fsp3) is 0.667. The van der Waals surface area contributed by atoms with Gasteiger partial charge in [0.05, 0.1) is 24.1 Å². The van der Waals surface area contributed by atoms with Gasteiger partial charge in [-0.1, -0.05) is 32.8 Å². The normalized spacial score (nSPS) is 38.0. The van der Waals surface area contributed by atoms with Crippen LogP contribution in [0.5, 0.6) is 11.5 Å². The first-order chi connectivity index (χ1) is 12.5. The van der Waals surface area contributed by atoms with E-state index in [1.807, 2.05) is 12.1 Å². The summed E-state index contributed by atoms with van der Waals surface area (Å²) in [4.78, 5) is 18.5. The van der Waals surface area contributed by atoms with Gasteiger partial charge in [-0.3, -0.25) is 14.6 Å². The lowest BCUT2D eigenvalue weighted by Crippen LogP contribution is -2.76. The first-order valence-corrected chi connectivity index (χ1v) is 9.88. The molecule has 26 heavy (non-hydrogen) atoms. The number of methoxy groups -OCH3 is 1. The molecule has 0 amide bonds. The summed E-state index contributed by atoms with van der Waals surface area (Å²) in [5.74, 6) is 1.22. The highest BCUT2D eigenvalue weighted by Crippen LogP contribution is 2.55. The Morgan fingerprint density at radius 2 is 1.62 bits per heavy atom. The number of ether oxygens (including phenoxy) is 1. The first-order valence-electron chi connectivity index (χ1n) is 9.88. The van der Waals surface area contributed by atoms with Crippen molar-refractivity contribution in [1.82, 2.24) is 9.80 Å². The van der Waals surface area contributed by atoms with Gasteiger partial charge in [-0.15, -0.1) is 0 Å². The summed E-state index contributed by atoms with van der Waals surface area (Å²) in [6, 6.07) is 5.66. The highest BCUT2D eigenvalue weighted by molar-refractivity contribution is 5.93. The molecule has 4 fully saturated rings. The number of nitrogens with zero attached hydrogens (tertiary/aromatic N) is 2. The topological polar surface area (TPSA) is 53.0 Å². The van der Waals surface area contributed by atoms with Gasteiger partial charge in [-0.25, -0.2) is 0 Å². The second kappa shape index (κ2) is 6.24. The van der Waals surface area contributed by atoms with E-state index < -0.39 is 0 Å². The molecule has 4 bridgehead atoms. The molecular weight excluding hydrogens is 328 g/mol. The number of hydrogen-bond donors (Lipinski definition) is 1. The zero-order chi connectivity index (χ0) is 18.5. The van der Waals surface area contributed by atoms with Crippen molar-refractivity contribution in [2.45, 2.75) is 45.7 Å². The molecule has 1 aromatic rings. The lowest BCUT2D eigenvalue weighted by Gasteiger charge is -2.66. The van der Waals surface area contributed by atoms with Gasteiger partial charge in [-0.2, -0.15) is 0 Å². The van der Waals surface area contributed by atoms with Gasteiger partial charge in [0.2, 0.25) is 0 Å². The highest BCUT2D eigenvalue weighted by Gasteiger charge is 2.64. The Labute approximate surface area is 155 Å². The van der Waals surface area contributed by atoms with Crippen LogP contribution in [-0.4, -0.2) is 54.0 Å². The van der Waals surface area contributed by atoms with Crippen molar-refractivity contribution in [2.75, 3.05) is 33.3 Å². The quantitative estimate of drug-likeness (QED) is 0.846. The van der Waals surface area contributed by atoms with Crippen LogP contribution in [-0.2, 0) is 4.79 Å². The molecular formula is C21H30N2O3. The number of phenolic OH excluding ortho intramolecular Hbond substituents is 1. The molecule has 0 radical (unpaired) electrons. The second-order valence-electron chi connectivity index (χ2n) is 8.50. The van der Waals surface area contributed by atoms with E-state index in [0.29, 0.717) is 11.5 Å². The molecule has 4 saturated heterocycles. The van der Waals surface area contributed by atoms with Crippen molar-refractivity contribution in [3.05, 3.63) is 23.8 Å². The van der Waals surface area contributed by atoms with Gasteiger partial charge in [0, 0.05) is 26.2 Å². The number of rotatable bonds is 6. The Balaban J connectivity index is 1.72. The van der Waals surface area contributed by atoms with Crippen LogP contribution in [0.1, 0.15) is 51.3 Å². The Morgan fingerprint density at radius 3 is 2.08 bits per heavy atom. The number of carbonyl (C=O) groups is 1. The fourth-order valence-electron chi connectivity index (χ4n) is 5.97. The standard InChI is InChI=1S/C21H30N2O3/c1-4-8-20-11-22-13-21(9-5-2,19(20)25)14-23(12-20)18(22)15-6-7-16(24)17(10-15)26-3/h6-7,10,18,24H,4-5,8-9,11-14H2,1-3H3. The predicted octanol–water partition coefficient (Wildman–Crippen LogP) is 3.19. The summed E-state index contributed by atoms with van der Waals surface area (Å²) in [5.41, 5.74) is 0.750. The molecule has 4 aliphatic rings. The predicted molar refractivity (Wildman–Crippen MR) is 100 cm³/mol. The Bertz CT molecular complexity index is 673. The zero-order valence-electron chi connectivity index (χ0n) is 16.1. The van der Waals surface area contributed by atoms with E-state index in [1.165, 1.54) is 0 Å². The van der Waals surface area contributed by atoms with Crippen LogP contribution in [0.3, 0.4) is 0 Å². The molecule has 142 valence electrons. The van der Waals surface area contributed by atoms with Gasteiger partial charge in [0.25, 0.3) is 0 Å². The average molecular weight is 358 g/mol. The molecule has 0 unspecified atom stereocenters. The van der Waals surface area contributed by atoms with Crippen LogP contribution < -0.4 is 4.74 Å². The molecule has 0 spiro atoms. The maximum absolute atomic E-state index is 13.5. The van der Waals surface area contributed by atoms with Crippen molar-refractivity contribution >= 4 is 5.78 Å². The zero-order valence-corrected chi connectivity index (χ0v) is 16.1. The third-order valence-electron chi connectivity index (χ3n) is 6.64. The van der Waals surface area contributed by atoms with E-state index in [9.17, 15) is 9.90 Å². The summed E-state index contributed by atoms with van der Waals surface area (Å²) in [6.45, 7) is 7.80. The van der Waals surface area contributed by atoms with Crippen molar-refractivity contribution in [3.8, 4) is 11.5 Å². The van der Waals surface area contributed by atoms with Crippen molar-refractivity contribution in [3.63, 3.8) is 0 Å². The number of hydrogen-bond acceptors (Lipinski definition) is 5. The molecule has 4 aliphatic heterocycles. The first kappa shape index (κ1) is 17.8. The molecule has 0 atom stereocenters. The Kier molecular flexibility index (Phi) is 4.27. The summed E-state index contributed by atoms with van der Waals surface area (Å²) in [7, 11) is 1.58. The third-order valence-corrected chi connectivity index (χ3v) is 6.64. The highest BCUT2D eigenvalue weighted by atomic mass is 16.5. The number of benzene rings is 1. The number of aromatic hydroxyl groups is 1. The lowest BCUT2D eigenvalue weighted by atomic mass is 9.57. The second-order valence-corrected chi connectivity index (χ2v) is 8.50. The number of Topliss-reactive ketones (excluding diaryl/α,β-unsaturated/α-hetero) is 1. The van der Waals surface area contributed by atoms with Gasteiger partial charge in [0.15, 0.2) is 11.5 Å². The van der Waals surface area contributed by atoms with E-state index in [2.05, 4.69) is 23.6 Å². The molecule has 1 N–H and O–H groups in total. The van der Waals surface area contributed by atoms with Gasteiger partial charge < -0.3 is 9.84 Å². The maximum atomic E-state index is 13.5. The molecule has 0 aliphatic carbocycles. The maximum Gasteiger partial charge on any atom is 0.160 e. The van der Waals surface area contributed by atoms with Crippen LogP contribution in [0.4, 0.5) is 0 Å². The number of phenols is 1. The minimum absolute atomic E-state index is 0.171. The molecule has 1 aromatic carbocycles. The minimum atomic E-state index is -0.197. The number of ketones is 1.